The van der Waals surface area contributed by atoms with Gasteiger partial charge in [0.25, 0.3) is 0 Å². The Bertz CT molecular complexity index is 445. The largest absolute Gasteiger partial charge is 0.481 e. The van der Waals surface area contributed by atoms with Crippen LogP contribution in [0, 0.1) is 0 Å². The molecular weight excluding hydrogens is 204 g/mol. The second-order valence-electron chi connectivity index (χ2n) is 4.28. The fourth-order valence-corrected chi connectivity index (χ4v) is 2.67. The van der Waals surface area contributed by atoms with Crippen molar-refractivity contribution >= 4 is 5.91 Å². The average molecular weight is 218 g/mol. The Morgan fingerprint density at radius 2 is 2.31 bits per heavy atom. The molecule has 0 aromatic carbocycles. The molecule has 2 aliphatic rings. The number of rotatable bonds is 1. The van der Waals surface area contributed by atoms with Gasteiger partial charge in [-0.1, -0.05) is 0 Å². The Kier molecular flexibility index (Phi) is 2.09. The minimum atomic E-state index is 0.259. The van der Waals surface area contributed by atoms with Gasteiger partial charge >= 0.3 is 0 Å². The Morgan fingerprint density at radius 1 is 1.44 bits per heavy atom. The van der Waals surface area contributed by atoms with Crippen LogP contribution in [0.3, 0.4) is 0 Å². The molecule has 16 heavy (non-hydrogen) atoms. The van der Waals surface area contributed by atoms with Crippen molar-refractivity contribution in [1.82, 2.24) is 9.88 Å². The Balaban J connectivity index is 2.01. The lowest BCUT2D eigenvalue weighted by Crippen LogP contribution is -2.34. The summed E-state index contributed by atoms with van der Waals surface area (Å²) in [6, 6.07) is 4.19. The molecule has 1 amide bonds. The third-order valence-corrected chi connectivity index (χ3v) is 3.47. The van der Waals surface area contributed by atoms with Gasteiger partial charge in [-0.05, 0) is 18.1 Å². The van der Waals surface area contributed by atoms with Crippen molar-refractivity contribution in [1.29, 1.82) is 0 Å². The lowest BCUT2D eigenvalue weighted by atomic mass is 9.97. The zero-order chi connectivity index (χ0) is 11.1. The predicted molar refractivity (Wildman–Crippen MR) is 58.2 cm³/mol. The lowest BCUT2D eigenvalue weighted by Gasteiger charge is -2.31. The van der Waals surface area contributed by atoms with Crippen LogP contribution in [-0.4, -0.2) is 29.4 Å². The number of pyridine rings is 1. The molecule has 0 saturated carbocycles. The first kappa shape index (κ1) is 9.63. The molecule has 1 fully saturated rings. The van der Waals surface area contributed by atoms with Crippen molar-refractivity contribution in [2.45, 2.75) is 25.3 Å². The number of methoxy groups -OCH3 is 1. The average Bonchev–Trinajstić information content (AvgIpc) is 2.70. The summed E-state index contributed by atoms with van der Waals surface area (Å²) in [6.07, 6.45) is 2.45. The van der Waals surface area contributed by atoms with Crippen LogP contribution in [0.2, 0.25) is 0 Å². The summed E-state index contributed by atoms with van der Waals surface area (Å²) in [6.45, 7) is 0.802. The van der Waals surface area contributed by atoms with Gasteiger partial charge < -0.3 is 9.64 Å². The highest BCUT2D eigenvalue weighted by Gasteiger charge is 2.36. The summed E-state index contributed by atoms with van der Waals surface area (Å²) in [7, 11) is 1.63. The number of carbonyl (C=O) groups is 1. The van der Waals surface area contributed by atoms with Crippen LogP contribution >= 0.6 is 0 Å². The van der Waals surface area contributed by atoms with Gasteiger partial charge in [0.15, 0.2) is 0 Å². The molecule has 84 valence electrons. The van der Waals surface area contributed by atoms with E-state index in [0.29, 0.717) is 12.3 Å². The van der Waals surface area contributed by atoms with Gasteiger partial charge in [-0.2, -0.15) is 0 Å². The molecule has 4 nitrogen and oxygen atoms in total. The van der Waals surface area contributed by atoms with Gasteiger partial charge in [-0.15, -0.1) is 0 Å². The smallest absolute Gasteiger partial charge is 0.223 e. The molecule has 2 aliphatic heterocycles. The number of fused-ring (bicyclic) bond motifs is 3. The van der Waals surface area contributed by atoms with E-state index in [-0.39, 0.29) is 11.9 Å². The zero-order valence-electron chi connectivity index (χ0n) is 9.27. The summed E-state index contributed by atoms with van der Waals surface area (Å²) in [5.74, 6) is 0.947. The van der Waals surface area contributed by atoms with Crippen molar-refractivity contribution < 1.29 is 9.53 Å². The van der Waals surface area contributed by atoms with E-state index < -0.39 is 0 Å². The summed E-state index contributed by atoms with van der Waals surface area (Å²) < 4.78 is 5.12. The first-order valence-corrected chi connectivity index (χ1v) is 5.63. The van der Waals surface area contributed by atoms with Crippen LogP contribution in [0.4, 0.5) is 0 Å². The van der Waals surface area contributed by atoms with E-state index in [1.165, 1.54) is 5.56 Å². The molecule has 3 heterocycles. The molecule has 1 atom stereocenters. The van der Waals surface area contributed by atoms with Crippen LogP contribution in [0.5, 0.6) is 5.88 Å². The van der Waals surface area contributed by atoms with Crippen molar-refractivity contribution in [3.8, 4) is 5.88 Å². The number of hydrogen-bond donors (Lipinski definition) is 0. The molecule has 0 radical (unpaired) electrons. The number of nitrogens with zero attached hydrogens (tertiary/aromatic N) is 2. The van der Waals surface area contributed by atoms with Crippen molar-refractivity contribution in [3.05, 3.63) is 23.4 Å². The molecule has 0 spiro atoms. The SMILES string of the molecule is COc1ccc2c(n1)CCN1C(=O)CCC21. The molecule has 1 aromatic heterocycles. The van der Waals surface area contributed by atoms with E-state index in [4.69, 9.17) is 4.74 Å². The van der Waals surface area contributed by atoms with Crippen LogP contribution in [0.15, 0.2) is 12.1 Å². The third-order valence-electron chi connectivity index (χ3n) is 3.47. The first-order valence-electron chi connectivity index (χ1n) is 5.63. The first-order chi connectivity index (χ1) is 7.79. The summed E-state index contributed by atoms with van der Waals surface area (Å²) in [4.78, 5) is 18.1. The second kappa shape index (κ2) is 3.47. The maximum atomic E-state index is 11.6. The van der Waals surface area contributed by atoms with Gasteiger partial charge in [0.1, 0.15) is 0 Å². The second-order valence-corrected chi connectivity index (χ2v) is 4.28. The molecule has 1 saturated heterocycles. The summed E-state index contributed by atoms with van der Waals surface area (Å²) >= 11 is 0. The van der Waals surface area contributed by atoms with Crippen LogP contribution in [0.1, 0.15) is 30.1 Å². The maximum absolute atomic E-state index is 11.6. The summed E-state index contributed by atoms with van der Waals surface area (Å²) in [5, 5.41) is 0. The van der Waals surface area contributed by atoms with Gasteiger partial charge in [0, 0.05) is 25.5 Å². The van der Waals surface area contributed by atoms with Crippen molar-refractivity contribution in [3.63, 3.8) is 0 Å². The highest BCUT2D eigenvalue weighted by Crippen LogP contribution is 2.37. The van der Waals surface area contributed by atoms with E-state index in [0.717, 1.165) is 25.1 Å². The highest BCUT2D eigenvalue weighted by molar-refractivity contribution is 5.79. The highest BCUT2D eigenvalue weighted by atomic mass is 16.5. The van der Waals surface area contributed by atoms with Gasteiger partial charge in [0.2, 0.25) is 11.8 Å². The van der Waals surface area contributed by atoms with E-state index in [9.17, 15) is 4.79 Å². The van der Waals surface area contributed by atoms with E-state index >= 15 is 0 Å². The van der Waals surface area contributed by atoms with Crippen molar-refractivity contribution in [2.24, 2.45) is 0 Å². The normalized spacial score (nSPS) is 22.9. The maximum Gasteiger partial charge on any atom is 0.223 e. The number of amides is 1. The number of carbonyl (C=O) groups excluding carboxylic acids is 1. The Hall–Kier alpha value is -1.58. The Morgan fingerprint density at radius 3 is 3.12 bits per heavy atom. The van der Waals surface area contributed by atoms with Gasteiger partial charge in [0.05, 0.1) is 18.8 Å². The van der Waals surface area contributed by atoms with E-state index in [2.05, 4.69) is 11.1 Å². The van der Waals surface area contributed by atoms with Gasteiger partial charge in [-0.3, -0.25) is 4.79 Å². The predicted octanol–water partition coefficient (Wildman–Crippen LogP) is 1.31. The molecule has 4 heteroatoms. The molecule has 1 unspecified atom stereocenters. The fourth-order valence-electron chi connectivity index (χ4n) is 2.67. The van der Waals surface area contributed by atoms with Crippen molar-refractivity contribution in [2.75, 3.05) is 13.7 Å². The van der Waals surface area contributed by atoms with Crippen LogP contribution in [-0.2, 0) is 11.2 Å². The van der Waals surface area contributed by atoms with Crippen LogP contribution < -0.4 is 4.74 Å². The van der Waals surface area contributed by atoms with Gasteiger partial charge in [-0.25, -0.2) is 4.98 Å². The minimum Gasteiger partial charge on any atom is -0.481 e. The minimum absolute atomic E-state index is 0.259. The molecule has 0 aliphatic carbocycles. The zero-order valence-corrected chi connectivity index (χ0v) is 9.27. The molecule has 1 aromatic rings. The van der Waals surface area contributed by atoms with E-state index in [1.54, 1.807) is 7.11 Å². The monoisotopic (exact) mass is 218 g/mol. The fraction of sp³-hybridized carbons (Fsp3) is 0.500. The Labute approximate surface area is 94.2 Å². The standard InChI is InChI=1S/C12H14N2O2/c1-16-11-4-2-8-9(13-11)6-7-14-10(8)3-5-12(14)15/h2,4,10H,3,5-7H2,1H3. The molecule has 0 N–H and O–H groups in total. The molecule has 0 bridgehead atoms. The number of hydrogen-bond acceptors (Lipinski definition) is 3. The summed E-state index contributed by atoms with van der Waals surface area (Å²) in [5.41, 5.74) is 2.30. The number of ether oxygens (including phenoxy) is 1. The van der Waals surface area contributed by atoms with Crippen LogP contribution in [0.25, 0.3) is 0 Å². The lowest BCUT2D eigenvalue weighted by molar-refractivity contribution is -0.129. The topological polar surface area (TPSA) is 42.4 Å². The molecule has 3 rings (SSSR count). The van der Waals surface area contributed by atoms with E-state index in [1.807, 2.05) is 11.0 Å². The quantitative estimate of drug-likeness (QED) is 0.713. The third kappa shape index (κ3) is 1.29. The molecular formula is C12H14N2O2. The number of aromatic nitrogens is 1.